The van der Waals surface area contributed by atoms with Gasteiger partial charge in [0.15, 0.2) is 0 Å². The molecule has 19 nitrogen and oxygen atoms in total. The number of likely N-dealkylation sites (tertiary alicyclic amines) is 1. The zero-order valence-corrected chi connectivity index (χ0v) is 42.8. The highest BCUT2D eigenvalue weighted by Crippen LogP contribution is 2.41. The molecule has 6 N–H and O–H groups in total. The lowest BCUT2D eigenvalue weighted by atomic mass is 9.83. The zero-order chi connectivity index (χ0) is 53.2. The summed E-state index contributed by atoms with van der Waals surface area (Å²) in [5, 5.41) is 17.0. The van der Waals surface area contributed by atoms with Crippen LogP contribution >= 0.6 is 11.8 Å². The highest BCUT2D eigenvalue weighted by molar-refractivity contribution is 8.00. The number of nitrogens with two attached hydrogens (primary N) is 1. The summed E-state index contributed by atoms with van der Waals surface area (Å²) in [4.78, 5) is 90.0. The van der Waals surface area contributed by atoms with E-state index in [0.717, 1.165) is 40.4 Å². The van der Waals surface area contributed by atoms with Gasteiger partial charge in [-0.3, -0.25) is 38.5 Å². The summed E-state index contributed by atoms with van der Waals surface area (Å²) in [6, 6.07) is 13.0. The third-order valence-corrected chi connectivity index (χ3v) is 12.4. The van der Waals surface area contributed by atoms with Crippen molar-refractivity contribution in [3.8, 4) is 11.1 Å². The summed E-state index contributed by atoms with van der Waals surface area (Å²) in [7, 11) is 0. The lowest BCUT2D eigenvalue weighted by Crippen LogP contribution is -2.49. The lowest BCUT2D eigenvalue weighted by Gasteiger charge is -2.41. The van der Waals surface area contributed by atoms with E-state index in [4.69, 9.17) is 29.8 Å². The Hall–Kier alpha value is -5.78. The zero-order valence-electron chi connectivity index (χ0n) is 42.0. The predicted octanol–water partition coefficient (Wildman–Crippen LogP) is 3.67. The fraction of sp³-hybridized carbons (Fsp3) is 0.549. The van der Waals surface area contributed by atoms with Crippen LogP contribution in [0.1, 0.15) is 76.6 Å². The van der Waals surface area contributed by atoms with Gasteiger partial charge in [0.25, 0.3) is 0 Å². The normalized spacial score (nSPS) is 13.5. The minimum atomic E-state index is -1.12. The van der Waals surface area contributed by atoms with E-state index in [0.29, 0.717) is 50.6 Å². The Kier molecular flexibility index (Phi) is 26.0. The van der Waals surface area contributed by atoms with Gasteiger partial charge in [-0.15, -0.1) is 11.8 Å². The molecule has 73 heavy (non-hydrogen) atoms. The first kappa shape index (κ1) is 59.8. The number of hydrogen-bond acceptors (Lipinski definition) is 13. The summed E-state index contributed by atoms with van der Waals surface area (Å²) < 4.78 is 53.6. The molecule has 0 radical (unpaired) electrons. The van der Waals surface area contributed by atoms with E-state index in [1.807, 2.05) is 55.7 Å². The molecule has 1 fully saturated rings. The molecule has 1 saturated heterocycles. The number of halogens is 2. The largest absolute Gasteiger partial charge is 0.481 e. The summed E-state index contributed by atoms with van der Waals surface area (Å²) >= 11 is 1.12. The molecule has 2 atom stereocenters. The summed E-state index contributed by atoms with van der Waals surface area (Å²) in [5.74, 6) is -4.62. The number of carboxylic acids is 1. The maximum atomic E-state index is 15.2. The minimum absolute atomic E-state index is 0.0180. The average molecular weight is 1040 g/mol. The number of aliphatic carboxylic acids is 1. The van der Waals surface area contributed by atoms with Crippen LogP contribution in [0.15, 0.2) is 60.8 Å². The van der Waals surface area contributed by atoms with Crippen molar-refractivity contribution in [1.29, 1.82) is 0 Å². The molecule has 2 aromatic carbocycles. The molecule has 4 rings (SSSR count). The van der Waals surface area contributed by atoms with Crippen molar-refractivity contribution in [3.05, 3.63) is 83.7 Å². The van der Waals surface area contributed by atoms with Gasteiger partial charge in [0.1, 0.15) is 17.7 Å². The number of carbonyl (C=O) groups excluding carboxylic acids is 6. The van der Waals surface area contributed by atoms with Crippen LogP contribution in [0.2, 0.25) is 0 Å². The van der Waals surface area contributed by atoms with Gasteiger partial charge in [-0.2, -0.15) is 0 Å². The van der Waals surface area contributed by atoms with E-state index in [-0.39, 0.29) is 132 Å². The van der Waals surface area contributed by atoms with Crippen molar-refractivity contribution in [3.63, 3.8) is 0 Å². The molecule has 0 bridgehead atoms. The smallest absolute Gasteiger partial charge is 0.305 e. The van der Waals surface area contributed by atoms with Gasteiger partial charge >= 0.3 is 5.97 Å². The Labute approximate surface area is 429 Å². The second-order valence-electron chi connectivity index (χ2n) is 18.2. The monoisotopic (exact) mass is 1040 g/mol. The number of amides is 6. The van der Waals surface area contributed by atoms with Crippen molar-refractivity contribution >= 4 is 53.2 Å². The number of hydrogen-bond donors (Lipinski definition) is 5. The number of imide groups is 1. The number of nitrogens with one attached hydrogen (secondary N) is 3. The second-order valence-corrected chi connectivity index (χ2v) is 19.2. The van der Waals surface area contributed by atoms with Gasteiger partial charge in [-0.25, -0.2) is 8.78 Å². The summed E-state index contributed by atoms with van der Waals surface area (Å²) in [5.41, 5.74) is 7.56. The molecule has 2 heterocycles. The minimum Gasteiger partial charge on any atom is -0.481 e. The Bertz CT molecular complexity index is 2250. The molecule has 1 aromatic heterocycles. The highest BCUT2D eigenvalue weighted by atomic mass is 32.2. The van der Waals surface area contributed by atoms with Crippen molar-refractivity contribution in [1.82, 2.24) is 30.3 Å². The lowest BCUT2D eigenvalue weighted by molar-refractivity contribution is -0.139. The summed E-state index contributed by atoms with van der Waals surface area (Å²) in [6.07, 6.45) is 2.20. The Morgan fingerprint density at radius 2 is 1.45 bits per heavy atom. The third-order valence-electron chi connectivity index (χ3n) is 11.4. The molecule has 1 aliphatic rings. The molecule has 0 unspecified atom stereocenters. The van der Waals surface area contributed by atoms with Gasteiger partial charge in [-0.05, 0) is 48.2 Å². The van der Waals surface area contributed by atoms with E-state index in [1.165, 1.54) is 0 Å². The number of carboxylic acid groups (broad SMARTS) is 1. The molecule has 22 heteroatoms. The maximum Gasteiger partial charge on any atom is 0.305 e. The molecule has 3 aromatic rings. The van der Waals surface area contributed by atoms with Crippen LogP contribution in [0, 0.1) is 17.0 Å². The number of nitrogens with zero attached hydrogens (tertiary/aromatic N) is 3. The summed E-state index contributed by atoms with van der Waals surface area (Å²) in [6.45, 7) is 8.94. The van der Waals surface area contributed by atoms with E-state index < -0.39 is 46.9 Å². The number of carbonyl (C=O) groups is 7. The van der Waals surface area contributed by atoms with Crippen LogP contribution in [0.3, 0.4) is 0 Å². The Morgan fingerprint density at radius 1 is 0.808 bits per heavy atom. The first-order chi connectivity index (χ1) is 35.0. The van der Waals surface area contributed by atoms with Gasteiger partial charge in [0, 0.05) is 87.2 Å². The van der Waals surface area contributed by atoms with Gasteiger partial charge in [0.05, 0.1) is 71.1 Å². The number of aromatic nitrogens is 1. The molecular weight excluding hydrogens is 973 g/mol. The molecule has 0 saturated carbocycles. The van der Waals surface area contributed by atoms with E-state index in [2.05, 4.69) is 16.0 Å². The van der Waals surface area contributed by atoms with Crippen molar-refractivity contribution in [2.75, 3.05) is 97.1 Å². The average Bonchev–Trinajstić information content (AvgIpc) is 3.90. The van der Waals surface area contributed by atoms with Crippen LogP contribution in [-0.2, 0) is 59.1 Å². The number of ether oxygens (including phenoxy) is 4. The molecule has 0 spiro atoms. The van der Waals surface area contributed by atoms with Crippen LogP contribution in [0.4, 0.5) is 8.78 Å². The standard InChI is InChI=1S/C51H71F2N7O12S/c1-51(2,3)49(42-30-37(39-31-38(52)10-11-40(39)53)33-58(42)32-36-8-5-4-6-9-36)60(20-7-17-54)47(65)35-73-34-41(50(68)56-18-14-48(66)67)57-44(62)16-22-69-24-26-71-28-29-72-27-25-70-23-19-55-43(61)15-21-59-45(63)12-13-46(59)64/h4-6,8-11,30-31,33,41,49H,7,12-29,32,34-35,54H2,1-3H3,(H,55,61)(H,56,68)(H,57,62)(H,66,67)/t41-,49-/m0/s1. The topological polar surface area (TPSA) is 250 Å². The number of benzene rings is 2. The van der Waals surface area contributed by atoms with Crippen LogP contribution in [-0.4, -0.2) is 164 Å². The predicted molar refractivity (Wildman–Crippen MR) is 269 cm³/mol. The Balaban J connectivity index is 1.24. The van der Waals surface area contributed by atoms with Crippen molar-refractivity contribution < 1.29 is 66.4 Å². The van der Waals surface area contributed by atoms with E-state index in [1.54, 1.807) is 17.2 Å². The van der Waals surface area contributed by atoms with Gasteiger partial charge in [-0.1, -0.05) is 51.1 Å². The van der Waals surface area contributed by atoms with Gasteiger partial charge in [0.2, 0.25) is 35.4 Å². The van der Waals surface area contributed by atoms with Crippen molar-refractivity contribution in [2.24, 2.45) is 11.1 Å². The van der Waals surface area contributed by atoms with E-state index >= 15 is 4.39 Å². The first-order valence-corrected chi connectivity index (χ1v) is 25.6. The van der Waals surface area contributed by atoms with Crippen LogP contribution in [0.5, 0.6) is 0 Å². The third kappa shape index (κ3) is 21.3. The molecular formula is C51H71F2N7O12S. The number of thioether (sulfide) groups is 1. The SMILES string of the molecule is CC(C)(C)[C@H](c1cc(-c2cc(F)ccc2F)cn1Cc1ccccc1)N(CCCN)C(=O)CSC[C@H](NC(=O)CCOCCOCCOCCOCCNC(=O)CCN1C(=O)CCC1=O)C(=O)NCCC(=O)O. The van der Waals surface area contributed by atoms with Crippen LogP contribution in [0.25, 0.3) is 11.1 Å². The van der Waals surface area contributed by atoms with Crippen LogP contribution < -0.4 is 21.7 Å². The fourth-order valence-corrected chi connectivity index (χ4v) is 8.78. The Morgan fingerprint density at radius 3 is 2.08 bits per heavy atom. The highest BCUT2D eigenvalue weighted by Gasteiger charge is 2.37. The van der Waals surface area contributed by atoms with Gasteiger partial charge < -0.3 is 55.2 Å². The maximum absolute atomic E-state index is 15.2. The molecule has 6 amide bonds. The number of rotatable bonds is 35. The van der Waals surface area contributed by atoms with Crippen molar-refractivity contribution in [2.45, 2.75) is 77.9 Å². The molecule has 402 valence electrons. The fourth-order valence-electron chi connectivity index (χ4n) is 7.85. The molecule has 1 aliphatic heterocycles. The van der Waals surface area contributed by atoms with E-state index in [9.17, 15) is 38.0 Å². The first-order valence-electron chi connectivity index (χ1n) is 24.4. The second kappa shape index (κ2) is 31.7. The quantitative estimate of drug-likeness (QED) is 0.0417. The molecule has 0 aliphatic carbocycles.